The average molecular weight is 546 g/mol. The van der Waals surface area contributed by atoms with Crippen molar-refractivity contribution in [1.29, 1.82) is 0 Å². The summed E-state index contributed by atoms with van der Waals surface area (Å²) in [5.74, 6) is 2.03. The fraction of sp³-hybridized carbons (Fsp3) is 0.205. The van der Waals surface area contributed by atoms with Crippen molar-refractivity contribution in [3.05, 3.63) is 126 Å². The van der Waals surface area contributed by atoms with Crippen molar-refractivity contribution in [1.82, 2.24) is 15.0 Å². The highest BCUT2D eigenvalue weighted by Gasteiger charge is 2.37. The van der Waals surface area contributed by atoms with Gasteiger partial charge in [0.15, 0.2) is 17.5 Å². The molecule has 0 saturated carbocycles. The second kappa shape index (κ2) is 10.0. The number of nitrogens with zero attached hydrogens (tertiary/aromatic N) is 3. The molecule has 0 atom stereocenters. The van der Waals surface area contributed by atoms with Crippen molar-refractivity contribution in [3.8, 4) is 45.3 Å². The van der Waals surface area contributed by atoms with Crippen molar-refractivity contribution in [2.75, 3.05) is 0 Å². The standard InChI is InChI=1S/C39H35N3/c1-38(2)22-23-39(3,4)34-25-30(20-21-33(34)38)29-19-18-26-16-11-17-31(32(26)24-29)37-41-35(27-12-7-5-8-13-27)40-36(42-37)28-14-9-6-10-15-28/h5-21,24-25H,22-23H2,1-4H3. The normalized spacial score (nSPS) is 15.3. The van der Waals surface area contributed by atoms with Crippen molar-refractivity contribution < 1.29 is 0 Å². The summed E-state index contributed by atoms with van der Waals surface area (Å²) in [7, 11) is 0. The van der Waals surface area contributed by atoms with E-state index in [-0.39, 0.29) is 10.8 Å². The molecule has 0 aliphatic heterocycles. The Hall–Kier alpha value is -4.63. The predicted octanol–water partition coefficient (Wildman–Crippen LogP) is 10.0. The van der Waals surface area contributed by atoms with Gasteiger partial charge in [-0.05, 0) is 62.8 Å². The van der Waals surface area contributed by atoms with Gasteiger partial charge in [-0.15, -0.1) is 0 Å². The van der Waals surface area contributed by atoms with Crippen LogP contribution in [0.15, 0.2) is 115 Å². The van der Waals surface area contributed by atoms with Crippen LogP contribution < -0.4 is 0 Å². The monoisotopic (exact) mass is 545 g/mol. The Morgan fingerprint density at radius 3 is 1.64 bits per heavy atom. The molecule has 0 radical (unpaired) electrons. The highest BCUT2D eigenvalue weighted by molar-refractivity contribution is 5.98. The third kappa shape index (κ3) is 4.69. The van der Waals surface area contributed by atoms with Gasteiger partial charge in [0, 0.05) is 16.7 Å². The highest BCUT2D eigenvalue weighted by atomic mass is 15.0. The number of aromatic nitrogens is 3. The van der Waals surface area contributed by atoms with Crippen LogP contribution in [0.4, 0.5) is 0 Å². The van der Waals surface area contributed by atoms with Crippen molar-refractivity contribution >= 4 is 10.8 Å². The maximum absolute atomic E-state index is 5.02. The zero-order chi connectivity index (χ0) is 28.9. The number of fused-ring (bicyclic) bond motifs is 2. The SMILES string of the molecule is CC1(C)CCC(C)(C)c2cc(-c3ccc4cccc(-c5nc(-c6ccccc6)nc(-c6ccccc6)n5)c4c3)ccc21. The molecule has 0 N–H and O–H groups in total. The lowest BCUT2D eigenvalue weighted by Gasteiger charge is -2.42. The van der Waals surface area contributed by atoms with Gasteiger partial charge in [-0.3, -0.25) is 0 Å². The molecule has 3 heteroatoms. The maximum Gasteiger partial charge on any atom is 0.164 e. The lowest BCUT2D eigenvalue weighted by molar-refractivity contribution is 0.332. The van der Waals surface area contributed by atoms with Crippen LogP contribution in [0, 0.1) is 0 Å². The molecule has 5 aromatic carbocycles. The molecule has 7 rings (SSSR count). The van der Waals surface area contributed by atoms with Crippen LogP contribution in [0.2, 0.25) is 0 Å². The number of hydrogen-bond acceptors (Lipinski definition) is 3. The summed E-state index contributed by atoms with van der Waals surface area (Å²) in [6.45, 7) is 9.54. The number of benzene rings is 5. The molecule has 206 valence electrons. The fourth-order valence-corrected chi connectivity index (χ4v) is 6.34. The Morgan fingerprint density at radius 1 is 0.452 bits per heavy atom. The van der Waals surface area contributed by atoms with Gasteiger partial charge in [0.05, 0.1) is 0 Å². The summed E-state index contributed by atoms with van der Waals surface area (Å²) in [5.41, 5.74) is 8.72. The summed E-state index contributed by atoms with van der Waals surface area (Å²) >= 11 is 0. The average Bonchev–Trinajstić information content (AvgIpc) is 3.03. The van der Waals surface area contributed by atoms with Gasteiger partial charge in [0.2, 0.25) is 0 Å². The molecule has 0 fully saturated rings. The second-order valence-electron chi connectivity index (χ2n) is 12.8. The summed E-state index contributed by atoms with van der Waals surface area (Å²) in [6.07, 6.45) is 2.42. The largest absolute Gasteiger partial charge is 0.208 e. The van der Waals surface area contributed by atoms with E-state index in [9.17, 15) is 0 Å². The van der Waals surface area contributed by atoms with E-state index in [0.29, 0.717) is 17.5 Å². The first-order valence-corrected chi connectivity index (χ1v) is 14.8. The predicted molar refractivity (Wildman–Crippen MR) is 174 cm³/mol. The summed E-state index contributed by atoms with van der Waals surface area (Å²) in [4.78, 5) is 14.9. The van der Waals surface area contributed by atoms with Gasteiger partial charge in [-0.25, -0.2) is 15.0 Å². The molecule has 1 aliphatic carbocycles. The Bertz CT molecular complexity index is 1860. The Balaban J connectivity index is 1.40. The summed E-state index contributed by atoms with van der Waals surface area (Å²) in [5, 5.41) is 2.30. The zero-order valence-electron chi connectivity index (χ0n) is 24.7. The summed E-state index contributed by atoms with van der Waals surface area (Å²) in [6, 6.07) is 40.6. The number of rotatable bonds is 4. The van der Waals surface area contributed by atoms with Crippen molar-refractivity contribution in [2.24, 2.45) is 0 Å². The Morgan fingerprint density at radius 2 is 1.00 bits per heavy atom. The van der Waals surface area contributed by atoms with E-state index in [2.05, 4.69) is 82.3 Å². The van der Waals surface area contributed by atoms with Gasteiger partial charge in [-0.1, -0.05) is 137 Å². The minimum atomic E-state index is 0.162. The van der Waals surface area contributed by atoms with Gasteiger partial charge in [0.1, 0.15) is 0 Å². The smallest absolute Gasteiger partial charge is 0.164 e. The number of hydrogen-bond donors (Lipinski definition) is 0. The van der Waals surface area contributed by atoms with Gasteiger partial charge >= 0.3 is 0 Å². The first-order valence-electron chi connectivity index (χ1n) is 14.8. The maximum atomic E-state index is 5.02. The van der Waals surface area contributed by atoms with Crippen LogP contribution in [0.1, 0.15) is 51.7 Å². The lowest BCUT2D eigenvalue weighted by atomic mass is 9.63. The van der Waals surface area contributed by atoms with Crippen LogP contribution in [-0.4, -0.2) is 15.0 Å². The zero-order valence-corrected chi connectivity index (χ0v) is 24.7. The van der Waals surface area contributed by atoms with Gasteiger partial charge in [-0.2, -0.15) is 0 Å². The molecule has 6 aromatic rings. The molecular formula is C39H35N3. The Kier molecular flexibility index (Phi) is 6.27. The highest BCUT2D eigenvalue weighted by Crippen LogP contribution is 2.47. The van der Waals surface area contributed by atoms with E-state index in [1.165, 1.54) is 40.5 Å². The molecule has 3 nitrogen and oxygen atoms in total. The fourth-order valence-electron chi connectivity index (χ4n) is 6.34. The van der Waals surface area contributed by atoms with Crippen molar-refractivity contribution in [3.63, 3.8) is 0 Å². The summed E-state index contributed by atoms with van der Waals surface area (Å²) < 4.78 is 0. The van der Waals surface area contributed by atoms with E-state index in [4.69, 9.17) is 15.0 Å². The lowest BCUT2D eigenvalue weighted by Crippen LogP contribution is -2.33. The first-order chi connectivity index (χ1) is 20.3. The molecule has 1 heterocycles. The van der Waals surface area contributed by atoms with E-state index in [0.717, 1.165) is 22.1 Å². The first kappa shape index (κ1) is 26.3. The third-order valence-electron chi connectivity index (χ3n) is 9.01. The molecule has 0 bridgehead atoms. The van der Waals surface area contributed by atoms with Crippen LogP contribution in [0.3, 0.4) is 0 Å². The second-order valence-corrected chi connectivity index (χ2v) is 12.8. The van der Waals surface area contributed by atoms with Gasteiger partial charge < -0.3 is 0 Å². The van der Waals surface area contributed by atoms with Crippen molar-refractivity contribution in [2.45, 2.75) is 51.4 Å². The van der Waals surface area contributed by atoms with E-state index in [1.807, 2.05) is 60.7 Å². The minimum absolute atomic E-state index is 0.162. The van der Waals surface area contributed by atoms with E-state index in [1.54, 1.807) is 0 Å². The molecule has 0 amide bonds. The third-order valence-corrected chi connectivity index (χ3v) is 9.01. The van der Waals surface area contributed by atoms with Crippen LogP contribution >= 0.6 is 0 Å². The van der Waals surface area contributed by atoms with Gasteiger partial charge in [0.25, 0.3) is 0 Å². The molecule has 0 saturated heterocycles. The van der Waals surface area contributed by atoms with Crippen LogP contribution in [0.25, 0.3) is 56.1 Å². The minimum Gasteiger partial charge on any atom is -0.208 e. The molecule has 0 spiro atoms. The quantitative estimate of drug-likeness (QED) is 0.221. The van der Waals surface area contributed by atoms with E-state index >= 15 is 0 Å². The van der Waals surface area contributed by atoms with E-state index < -0.39 is 0 Å². The molecule has 42 heavy (non-hydrogen) atoms. The molecule has 1 aromatic heterocycles. The molecule has 0 unspecified atom stereocenters. The van der Waals surface area contributed by atoms with Crippen LogP contribution in [-0.2, 0) is 10.8 Å². The topological polar surface area (TPSA) is 38.7 Å². The van der Waals surface area contributed by atoms with Crippen LogP contribution in [0.5, 0.6) is 0 Å². The molecular weight excluding hydrogens is 510 g/mol. The molecule has 1 aliphatic rings. The Labute approximate surface area is 248 Å².